The third-order valence-electron chi connectivity index (χ3n) is 4.77. The molecular formula is C21H26N2O2. The Balaban J connectivity index is 1.58. The second-order valence-electron chi connectivity index (χ2n) is 6.50. The van der Waals surface area contributed by atoms with Gasteiger partial charge in [0.1, 0.15) is 18.5 Å². The molecule has 0 aliphatic rings. The van der Waals surface area contributed by atoms with E-state index in [0.717, 1.165) is 23.2 Å². The lowest BCUT2D eigenvalue weighted by Gasteiger charge is -2.14. The number of nitrogens with zero attached hydrogens (tertiary/aromatic N) is 1. The number of benzene rings is 2. The van der Waals surface area contributed by atoms with Crippen molar-refractivity contribution in [3.05, 3.63) is 65.4 Å². The zero-order valence-corrected chi connectivity index (χ0v) is 15.1. The van der Waals surface area contributed by atoms with Crippen molar-refractivity contribution in [2.24, 2.45) is 7.05 Å². The van der Waals surface area contributed by atoms with E-state index in [9.17, 15) is 5.11 Å². The number of aliphatic hydroxyl groups excluding tert-OH is 1. The Morgan fingerprint density at radius 1 is 1.08 bits per heavy atom. The SMILES string of the molecule is Cc1c(C)n(C)c2cccc(OC[C@H](O)CNCc3ccccc3)c12. The molecule has 0 amide bonds. The number of nitrogens with one attached hydrogen (secondary N) is 1. The molecule has 25 heavy (non-hydrogen) atoms. The molecule has 4 heteroatoms. The first kappa shape index (κ1) is 17.5. The van der Waals surface area contributed by atoms with Gasteiger partial charge in [0, 0.05) is 31.2 Å². The molecule has 0 bridgehead atoms. The molecule has 0 aliphatic carbocycles. The van der Waals surface area contributed by atoms with Crippen LogP contribution in [0.3, 0.4) is 0 Å². The van der Waals surface area contributed by atoms with Crippen molar-refractivity contribution in [1.29, 1.82) is 0 Å². The average molecular weight is 338 g/mol. The first-order valence-electron chi connectivity index (χ1n) is 8.68. The fourth-order valence-corrected chi connectivity index (χ4v) is 3.13. The van der Waals surface area contributed by atoms with Crippen LogP contribution in [0.4, 0.5) is 0 Å². The lowest BCUT2D eigenvalue weighted by Crippen LogP contribution is -2.31. The lowest BCUT2D eigenvalue weighted by atomic mass is 10.1. The minimum Gasteiger partial charge on any atom is -0.490 e. The van der Waals surface area contributed by atoms with Crippen LogP contribution in [-0.4, -0.2) is 28.9 Å². The summed E-state index contributed by atoms with van der Waals surface area (Å²) < 4.78 is 8.11. The van der Waals surface area contributed by atoms with E-state index in [0.29, 0.717) is 6.54 Å². The fraction of sp³-hybridized carbons (Fsp3) is 0.333. The minimum atomic E-state index is -0.552. The summed E-state index contributed by atoms with van der Waals surface area (Å²) >= 11 is 0. The topological polar surface area (TPSA) is 46.4 Å². The smallest absolute Gasteiger partial charge is 0.129 e. The molecule has 3 rings (SSSR count). The monoisotopic (exact) mass is 338 g/mol. The number of rotatable bonds is 7. The Kier molecular flexibility index (Phi) is 5.41. The van der Waals surface area contributed by atoms with E-state index in [2.05, 4.69) is 49.0 Å². The van der Waals surface area contributed by atoms with Crippen LogP contribution in [0.5, 0.6) is 5.75 Å². The quantitative estimate of drug-likeness (QED) is 0.695. The van der Waals surface area contributed by atoms with Crippen molar-refractivity contribution in [3.8, 4) is 5.75 Å². The molecule has 2 N–H and O–H groups in total. The van der Waals surface area contributed by atoms with Gasteiger partial charge in [0.25, 0.3) is 0 Å². The van der Waals surface area contributed by atoms with Gasteiger partial charge in [-0.15, -0.1) is 0 Å². The highest BCUT2D eigenvalue weighted by atomic mass is 16.5. The molecule has 0 aliphatic heterocycles. The van der Waals surface area contributed by atoms with Gasteiger partial charge in [0.15, 0.2) is 0 Å². The number of hydrogen-bond acceptors (Lipinski definition) is 3. The van der Waals surface area contributed by atoms with E-state index in [-0.39, 0.29) is 6.61 Å². The van der Waals surface area contributed by atoms with Crippen molar-refractivity contribution in [3.63, 3.8) is 0 Å². The predicted octanol–water partition coefficient (Wildman–Crippen LogP) is 3.32. The van der Waals surface area contributed by atoms with Crippen molar-refractivity contribution in [2.45, 2.75) is 26.5 Å². The summed E-state index contributed by atoms with van der Waals surface area (Å²) in [5.74, 6) is 0.834. The number of fused-ring (bicyclic) bond motifs is 1. The molecule has 0 saturated heterocycles. The third-order valence-corrected chi connectivity index (χ3v) is 4.77. The van der Waals surface area contributed by atoms with Gasteiger partial charge >= 0.3 is 0 Å². The van der Waals surface area contributed by atoms with Gasteiger partial charge in [-0.05, 0) is 37.1 Å². The van der Waals surface area contributed by atoms with Crippen LogP contribution in [-0.2, 0) is 13.6 Å². The number of hydrogen-bond donors (Lipinski definition) is 2. The highest BCUT2D eigenvalue weighted by molar-refractivity contribution is 5.91. The zero-order chi connectivity index (χ0) is 17.8. The second-order valence-corrected chi connectivity index (χ2v) is 6.50. The van der Waals surface area contributed by atoms with Gasteiger partial charge in [-0.3, -0.25) is 0 Å². The molecule has 0 spiro atoms. The summed E-state index contributed by atoms with van der Waals surface area (Å²) in [5.41, 5.74) is 4.82. The number of aryl methyl sites for hydroxylation is 2. The maximum Gasteiger partial charge on any atom is 0.129 e. The normalized spacial score (nSPS) is 12.5. The van der Waals surface area contributed by atoms with Gasteiger partial charge in [0.05, 0.1) is 5.52 Å². The summed E-state index contributed by atoms with van der Waals surface area (Å²) in [7, 11) is 2.07. The summed E-state index contributed by atoms with van der Waals surface area (Å²) in [4.78, 5) is 0. The molecule has 0 fully saturated rings. The molecule has 1 heterocycles. The van der Waals surface area contributed by atoms with Crippen LogP contribution in [0.2, 0.25) is 0 Å². The van der Waals surface area contributed by atoms with E-state index >= 15 is 0 Å². The van der Waals surface area contributed by atoms with Gasteiger partial charge in [-0.25, -0.2) is 0 Å². The summed E-state index contributed by atoms with van der Waals surface area (Å²) in [5, 5.41) is 14.6. The summed E-state index contributed by atoms with van der Waals surface area (Å²) in [6.45, 7) is 5.74. The first-order valence-corrected chi connectivity index (χ1v) is 8.68. The Bertz CT molecular complexity index is 840. The lowest BCUT2D eigenvalue weighted by molar-refractivity contribution is 0.107. The van der Waals surface area contributed by atoms with Crippen LogP contribution in [0.25, 0.3) is 10.9 Å². The minimum absolute atomic E-state index is 0.272. The third kappa shape index (κ3) is 3.86. The maximum atomic E-state index is 10.2. The van der Waals surface area contributed by atoms with Gasteiger partial charge in [0.2, 0.25) is 0 Å². The van der Waals surface area contributed by atoms with Crippen molar-refractivity contribution in [1.82, 2.24) is 9.88 Å². The maximum absolute atomic E-state index is 10.2. The number of aromatic nitrogens is 1. The highest BCUT2D eigenvalue weighted by Gasteiger charge is 2.14. The summed E-state index contributed by atoms with van der Waals surface area (Å²) in [6, 6.07) is 16.2. The van der Waals surface area contributed by atoms with Crippen LogP contribution in [0.1, 0.15) is 16.8 Å². The van der Waals surface area contributed by atoms with E-state index < -0.39 is 6.10 Å². The molecule has 3 aromatic rings. The average Bonchev–Trinajstić information content (AvgIpc) is 2.86. The standard InChI is InChI=1S/C21H26N2O2/c1-15-16(2)23(3)19-10-7-11-20(21(15)19)25-14-18(24)13-22-12-17-8-5-4-6-9-17/h4-11,18,22,24H,12-14H2,1-3H3/t18-/m1/s1. The second kappa shape index (κ2) is 7.72. The molecule has 0 radical (unpaired) electrons. The predicted molar refractivity (Wildman–Crippen MR) is 102 cm³/mol. The van der Waals surface area contributed by atoms with Crippen molar-refractivity contribution >= 4 is 10.9 Å². The molecule has 0 saturated carbocycles. The Labute approximate surface area is 149 Å². The Morgan fingerprint density at radius 3 is 2.60 bits per heavy atom. The van der Waals surface area contributed by atoms with Gasteiger partial charge in [-0.1, -0.05) is 36.4 Å². The van der Waals surface area contributed by atoms with Crippen LogP contribution < -0.4 is 10.1 Å². The molecule has 0 unspecified atom stereocenters. The highest BCUT2D eigenvalue weighted by Crippen LogP contribution is 2.32. The van der Waals surface area contributed by atoms with Crippen LogP contribution in [0, 0.1) is 13.8 Å². The first-order chi connectivity index (χ1) is 12.1. The van der Waals surface area contributed by atoms with E-state index in [1.807, 2.05) is 30.3 Å². The van der Waals surface area contributed by atoms with Gasteiger partial charge in [-0.2, -0.15) is 0 Å². The largest absolute Gasteiger partial charge is 0.490 e. The Hall–Kier alpha value is -2.30. The van der Waals surface area contributed by atoms with E-state index in [1.54, 1.807) is 0 Å². The molecule has 1 atom stereocenters. The van der Waals surface area contributed by atoms with Crippen LogP contribution >= 0.6 is 0 Å². The van der Waals surface area contributed by atoms with Crippen LogP contribution in [0.15, 0.2) is 48.5 Å². The van der Waals surface area contributed by atoms with E-state index in [1.165, 1.54) is 16.8 Å². The molecule has 1 aromatic heterocycles. The number of ether oxygens (including phenoxy) is 1. The zero-order valence-electron chi connectivity index (χ0n) is 15.1. The number of aliphatic hydroxyl groups is 1. The Morgan fingerprint density at radius 2 is 1.84 bits per heavy atom. The van der Waals surface area contributed by atoms with Crippen molar-refractivity contribution in [2.75, 3.05) is 13.2 Å². The van der Waals surface area contributed by atoms with Crippen molar-refractivity contribution < 1.29 is 9.84 Å². The summed E-state index contributed by atoms with van der Waals surface area (Å²) in [6.07, 6.45) is -0.552. The van der Waals surface area contributed by atoms with Gasteiger partial charge < -0.3 is 19.7 Å². The van der Waals surface area contributed by atoms with E-state index in [4.69, 9.17) is 4.74 Å². The molecule has 132 valence electrons. The fourth-order valence-electron chi connectivity index (χ4n) is 3.13. The molecular weight excluding hydrogens is 312 g/mol. The molecule has 2 aromatic carbocycles. The molecule has 4 nitrogen and oxygen atoms in total.